The molecule has 0 saturated carbocycles. The van der Waals surface area contributed by atoms with Crippen molar-refractivity contribution in [1.82, 2.24) is 19.9 Å². The average Bonchev–Trinajstić information content (AvgIpc) is 3.02. The van der Waals surface area contributed by atoms with Gasteiger partial charge in [0, 0.05) is 0 Å². The van der Waals surface area contributed by atoms with Crippen molar-refractivity contribution >= 4 is 11.9 Å². The number of nitrogens with zero attached hydrogens (tertiary/aromatic N) is 4. The Labute approximate surface area is 262 Å². The topological polar surface area (TPSA) is 152 Å². The lowest BCUT2D eigenvalue weighted by Crippen LogP contribution is -2.07. The zero-order valence-electron chi connectivity index (χ0n) is 27.0. The molecule has 0 bridgehead atoms. The van der Waals surface area contributed by atoms with Crippen LogP contribution in [0.25, 0.3) is 0 Å². The fourth-order valence-corrected chi connectivity index (χ4v) is 4.04. The Morgan fingerprint density at radius 1 is 0.578 bits per heavy atom. The first-order valence-electron chi connectivity index (χ1n) is 13.9. The van der Waals surface area contributed by atoms with E-state index in [0.29, 0.717) is 28.6 Å². The van der Waals surface area contributed by atoms with Crippen LogP contribution in [0.3, 0.4) is 0 Å². The van der Waals surface area contributed by atoms with Crippen molar-refractivity contribution in [3.05, 3.63) is 93.1 Å². The molecule has 12 nitrogen and oxygen atoms in total. The molecule has 238 valence electrons. The molecule has 0 fully saturated rings. The smallest absolute Gasteiger partial charge is 0.337 e. The third-order valence-corrected chi connectivity index (χ3v) is 6.88. The summed E-state index contributed by atoms with van der Waals surface area (Å²) in [5.74, 6) is 0.384. The van der Waals surface area contributed by atoms with Gasteiger partial charge in [0.1, 0.15) is 13.2 Å². The first kappa shape index (κ1) is 34.2. The van der Waals surface area contributed by atoms with Gasteiger partial charge in [-0.3, -0.25) is 19.9 Å². The van der Waals surface area contributed by atoms with Gasteiger partial charge >= 0.3 is 11.9 Å². The van der Waals surface area contributed by atoms with Crippen LogP contribution in [0.2, 0.25) is 0 Å². The first-order valence-corrected chi connectivity index (χ1v) is 13.9. The van der Waals surface area contributed by atoms with Gasteiger partial charge < -0.3 is 28.8 Å². The molecule has 4 aromatic rings. The maximum atomic E-state index is 11.5. The van der Waals surface area contributed by atoms with E-state index in [1.807, 2.05) is 41.5 Å². The lowest BCUT2D eigenvalue weighted by molar-refractivity contribution is 0.0599. The Hall–Kier alpha value is -5.26. The molecular weight excluding hydrogens is 580 g/mol. The van der Waals surface area contributed by atoms with E-state index in [0.717, 1.165) is 45.6 Å². The zero-order valence-corrected chi connectivity index (χ0v) is 27.0. The number of aromatic carboxylic acids is 1. The summed E-state index contributed by atoms with van der Waals surface area (Å²) in [6.07, 6.45) is 0. The van der Waals surface area contributed by atoms with E-state index in [-0.39, 0.29) is 18.8 Å². The molecular formula is C33H38N4O8. The number of carboxylic acids is 1. The number of aromatic nitrogens is 4. The van der Waals surface area contributed by atoms with Crippen LogP contribution in [0.1, 0.15) is 66.3 Å². The van der Waals surface area contributed by atoms with Crippen molar-refractivity contribution in [2.24, 2.45) is 0 Å². The molecule has 0 amide bonds. The summed E-state index contributed by atoms with van der Waals surface area (Å²) < 4.78 is 26.6. The second-order valence-corrected chi connectivity index (χ2v) is 9.96. The molecule has 2 aromatic carbocycles. The summed E-state index contributed by atoms with van der Waals surface area (Å²) >= 11 is 0. The Morgan fingerprint density at radius 3 is 1.38 bits per heavy atom. The predicted molar refractivity (Wildman–Crippen MR) is 165 cm³/mol. The molecule has 0 aliphatic carbocycles. The normalized spacial score (nSPS) is 10.3. The highest BCUT2D eigenvalue weighted by Crippen LogP contribution is 2.30. The van der Waals surface area contributed by atoms with E-state index in [9.17, 15) is 9.59 Å². The van der Waals surface area contributed by atoms with Gasteiger partial charge in [0.15, 0.2) is 23.0 Å². The van der Waals surface area contributed by atoms with E-state index in [1.165, 1.54) is 33.5 Å². The van der Waals surface area contributed by atoms with E-state index in [2.05, 4.69) is 19.9 Å². The van der Waals surface area contributed by atoms with Crippen LogP contribution < -0.4 is 18.9 Å². The second kappa shape index (κ2) is 15.5. The number of benzene rings is 2. The summed E-state index contributed by atoms with van der Waals surface area (Å²) in [6, 6.07) is 9.36. The molecule has 0 spiro atoms. The van der Waals surface area contributed by atoms with Crippen LogP contribution in [0.15, 0.2) is 36.4 Å². The fraction of sp³-hybridized carbons (Fsp3) is 0.333. The minimum atomic E-state index is -1.01. The number of rotatable bonds is 10. The Morgan fingerprint density at radius 2 is 0.978 bits per heavy atom. The molecule has 45 heavy (non-hydrogen) atoms. The maximum Gasteiger partial charge on any atom is 0.337 e. The number of carboxylic acid groups (broad SMARTS) is 1. The molecule has 2 aromatic heterocycles. The SMILES string of the molecule is COC(=O)c1ccc(OCc2nc(C)c(C)nc2C)c(OC)c1.COc1cc(C(=O)O)ccc1OCc1nc(C)c(C)nc1C. The molecule has 0 unspecified atom stereocenters. The molecule has 0 radical (unpaired) electrons. The van der Waals surface area contributed by atoms with Gasteiger partial charge in [-0.15, -0.1) is 0 Å². The van der Waals surface area contributed by atoms with Crippen molar-refractivity contribution in [3.63, 3.8) is 0 Å². The van der Waals surface area contributed by atoms with Crippen molar-refractivity contribution in [2.45, 2.75) is 54.8 Å². The number of carbonyl (C=O) groups excluding carboxylic acids is 1. The van der Waals surface area contributed by atoms with Gasteiger partial charge in [-0.2, -0.15) is 0 Å². The lowest BCUT2D eigenvalue weighted by Gasteiger charge is -2.13. The van der Waals surface area contributed by atoms with Crippen LogP contribution >= 0.6 is 0 Å². The lowest BCUT2D eigenvalue weighted by atomic mass is 10.2. The second-order valence-electron chi connectivity index (χ2n) is 9.96. The summed E-state index contributed by atoms with van der Waals surface area (Å²) in [6.45, 7) is 11.9. The highest BCUT2D eigenvalue weighted by molar-refractivity contribution is 5.90. The average molecular weight is 619 g/mol. The standard InChI is InChI=1S/C17H20N2O4.C16H18N2O4/c1-10-11(2)19-14(12(3)18-10)9-23-15-7-6-13(17(20)22-5)8-16(15)21-4;1-9-10(2)18-13(11(3)17-9)8-22-14-6-5-12(16(19)20)7-15(14)21-4/h6-8H,9H2,1-5H3;5-7H,8H2,1-4H3,(H,19,20). The third kappa shape index (κ3) is 8.88. The molecule has 0 atom stereocenters. The summed E-state index contributed by atoms with van der Waals surface area (Å²) in [5.41, 5.74) is 7.24. The summed E-state index contributed by atoms with van der Waals surface area (Å²) in [7, 11) is 4.32. The molecule has 0 saturated heterocycles. The number of ether oxygens (including phenoxy) is 5. The Kier molecular flexibility index (Phi) is 11.8. The van der Waals surface area contributed by atoms with Crippen LogP contribution in [0, 0.1) is 41.5 Å². The number of hydrogen-bond acceptors (Lipinski definition) is 11. The number of carbonyl (C=O) groups is 2. The minimum Gasteiger partial charge on any atom is -0.493 e. The molecule has 4 rings (SSSR count). The van der Waals surface area contributed by atoms with Gasteiger partial charge in [-0.1, -0.05) is 0 Å². The monoisotopic (exact) mass is 618 g/mol. The van der Waals surface area contributed by atoms with Crippen molar-refractivity contribution in [2.75, 3.05) is 21.3 Å². The van der Waals surface area contributed by atoms with Crippen molar-refractivity contribution in [1.29, 1.82) is 0 Å². The van der Waals surface area contributed by atoms with E-state index in [1.54, 1.807) is 24.3 Å². The van der Waals surface area contributed by atoms with Crippen LogP contribution in [-0.2, 0) is 18.0 Å². The van der Waals surface area contributed by atoms with Gasteiger partial charge in [-0.25, -0.2) is 9.59 Å². The third-order valence-electron chi connectivity index (χ3n) is 6.88. The zero-order chi connectivity index (χ0) is 33.3. The van der Waals surface area contributed by atoms with Crippen molar-refractivity contribution in [3.8, 4) is 23.0 Å². The van der Waals surface area contributed by atoms with E-state index >= 15 is 0 Å². The summed E-state index contributed by atoms with van der Waals surface area (Å²) in [4.78, 5) is 40.3. The van der Waals surface area contributed by atoms with Gasteiger partial charge in [0.2, 0.25) is 0 Å². The number of methoxy groups -OCH3 is 3. The molecule has 0 aliphatic rings. The summed E-state index contributed by atoms with van der Waals surface area (Å²) in [5, 5.41) is 8.98. The molecule has 0 aliphatic heterocycles. The van der Waals surface area contributed by atoms with Gasteiger partial charge in [0.25, 0.3) is 0 Å². The highest BCUT2D eigenvalue weighted by Gasteiger charge is 2.14. The quantitative estimate of drug-likeness (QED) is 0.225. The minimum absolute atomic E-state index is 0.145. The Bertz CT molecular complexity index is 1690. The van der Waals surface area contributed by atoms with Gasteiger partial charge in [-0.05, 0) is 77.9 Å². The molecule has 2 heterocycles. The van der Waals surface area contributed by atoms with Crippen LogP contribution in [0.4, 0.5) is 0 Å². The predicted octanol–water partition coefficient (Wildman–Crippen LogP) is 5.46. The number of hydrogen-bond donors (Lipinski definition) is 1. The first-order chi connectivity index (χ1) is 21.4. The largest absolute Gasteiger partial charge is 0.493 e. The highest BCUT2D eigenvalue weighted by atomic mass is 16.5. The molecule has 12 heteroatoms. The van der Waals surface area contributed by atoms with Crippen LogP contribution in [0.5, 0.6) is 23.0 Å². The maximum absolute atomic E-state index is 11.5. The van der Waals surface area contributed by atoms with E-state index < -0.39 is 11.9 Å². The van der Waals surface area contributed by atoms with E-state index in [4.69, 9.17) is 28.8 Å². The van der Waals surface area contributed by atoms with Crippen LogP contribution in [-0.4, -0.2) is 58.3 Å². The Balaban J connectivity index is 0.000000246. The molecule has 1 N–H and O–H groups in total. The van der Waals surface area contributed by atoms with Gasteiger partial charge in [0.05, 0.1) is 78.0 Å². The number of esters is 1. The fourth-order valence-electron chi connectivity index (χ4n) is 4.04. The number of aryl methyl sites for hydroxylation is 6. The van der Waals surface area contributed by atoms with Crippen molar-refractivity contribution < 1.29 is 38.4 Å².